The summed E-state index contributed by atoms with van der Waals surface area (Å²) in [5, 5.41) is 7.81. The number of aromatic amines is 1. The molecule has 6 rings (SSSR count). The van der Waals surface area contributed by atoms with Crippen molar-refractivity contribution in [2.45, 2.75) is 38.1 Å². The summed E-state index contributed by atoms with van der Waals surface area (Å²) in [6.07, 6.45) is 7.01. The van der Waals surface area contributed by atoms with E-state index in [9.17, 15) is 4.91 Å². The van der Waals surface area contributed by atoms with E-state index in [1.165, 1.54) is 0 Å². The largest absolute Gasteiger partial charge is 0.361 e. The molecule has 5 aromatic rings. The van der Waals surface area contributed by atoms with E-state index in [-0.39, 0.29) is 5.82 Å². The highest BCUT2D eigenvalue weighted by Crippen LogP contribution is 2.45. The Bertz CT molecular complexity index is 1450. The van der Waals surface area contributed by atoms with Crippen LogP contribution in [-0.4, -0.2) is 30.1 Å². The lowest BCUT2D eigenvalue weighted by atomic mass is 9.83. The molecule has 168 valence electrons. The Hall–Kier alpha value is -4.27. The number of fused-ring (bicyclic) bond motifs is 1. The van der Waals surface area contributed by atoms with Crippen LogP contribution in [0.2, 0.25) is 0 Å². The van der Waals surface area contributed by atoms with Crippen molar-refractivity contribution in [3.8, 4) is 11.1 Å². The van der Waals surface area contributed by atoms with Gasteiger partial charge in [0.15, 0.2) is 5.82 Å². The van der Waals surface area contributed by atoms with Crippen LogP contribution >= 0.6 is 0 Å². The van der Waals surface area contributed by atoms with Gasteiger partial charge in [-0.1, -0.05) is 11.2 Å². The predicted molar refractivity (Wildman–Crippen MR) is 125 cm³/mol. The van der Waals surface area contributed by atoms with Gasteiger partial charge in [-0.15, -0.1) is 4.91 Å². The van der Waals surface area contributed by atoms with E-state index in [0.717, 1.165) is 41.0 Å². The summed E-state index contributed by atoms with van der Waals surface area (Å²) in [6, 6.07) is 11.0. The maximum absolute atomic E-state index is 12.9. The van der Waals surface area contributed by atoms with Crippen LogP contribution in [0.15, 0.2) is 64.7 Å². The molecule has 34 heavy (non-hydrogen) atoms. The van der Waals surface area contributed by atoms with Gasteiger partial charge in [0.2, 0.25) is 5.54 Å². The fraction of sp³-hybridized carbons (Fsp3) is 0.240. The zero-order valence-electron chi connectivity index (χ0n) is 18.7. The molecule has 1 N–H and O–H groups in total. The van der Waals surface area contributed by atoms with Gasteiger partial charge in [-0.05, 0) is 67.8 Å². The van der Waals surface area contributed by atoms with Crippen LogP contribution < -0.4 is 0 Å². The Morgan fingerprint density at radius 3 is 2.50 bits per heavy atom. The first-order valence-corrected chi connectivity index (χ1v) is 11.1. The standard InChI is InChI=1S/C25H21N7O2/c1-14-21(15(2)34-31-14)17-12-18(22-19(13-17)29-23(30-22)16-7-8-16)25(32-33,20-6-3-4-9-26-20)24-27-10-5-11-28-24/h3-6,9-13,16H,7-8H2,1-2H3,(H,29,30). The van der Waals surface area contributed by atoms with Gasteiger partial charge in [0.25, 0.3) is 0 Å². The monoisotopic (exact) mass is 451 g/mol. The van der Waals surface area contributed by atoms with Gasteiger partial charge in [0.05, 0.1) is 22.4 Å². The van der Waals surface area contributed by atoms with E-state index in [0.29, 0.717) is 28.5 Å². The van der Waals surface area contributed by atoms with Crippen molar-refractivity contribution in [3.63, 3.8) is 0 Å². The lowest BCUT2D eigenvalue weighted by molar-refractivity contribution is 0.393. The van der Waals surface area contributed by atoms with Gasteiger partial charge < -0.3 is 9.51 Å². The average Bonchev–Trinajstić information content (AvgIpc) is 3.55. The van der Waals surface area contributed by atoms with Crippen LogP contribution in [0.4, 0.5) is 0 Å². The number of nitroso groups, excluding NO2 is 1. The molecule has 0 amide bonds. The molecule has 9 nitrogen and oxygen atoms in total. The van der Waals surface area contributed by atoms with Crippen LogP contribution in [-0.2, 0) is 5.54 Å². The second kappa shape index (κ2) is 7.65. The first kappa shape index (κ1) is 20.3. The van der Waals surface area contributed by atoms with Crippen molar-refractivity contribution >= 4 is 11.0 Å². The molecule has 1 saturated carbocycles. The smallest absolute Gasteiger partial charge is 0.230 e. The molecule has 1 atom stereocenters. The fourth-order valence-corrected chi connectivity index (χ4v) is 4.57. The number of benzene rings is 1. The van der Waals surface area contributed by atoms with Crippen LogP contribution in [0, 0.1) is 18.8 Å². The molecular weight excluding hydrogens is 430 g/mol. The van der Waals surface area contributed by atoms with Gasteiger partial charge in [-0.3, -0.25) is 4.98 Å². The number of nitrogens with zero attached hydrogens (tertiary/aromatic N) is 6. The zero-order chi connectivity index (χ0) is 23.3. The summed E-state index contributed by atoms with van der Waals surface area (Å²) >= 11 is 0. The summed E-state index contributed by atoms with van der Waals surface area (Å²) in [5.74, 6) is 2.21. The molecule has 0 aliphatic heterocycles. The first-order valence-electron chi connectivity index (χ1n) is 11.1. The summed E-state index contributed by atoms with van der Waals surface area (Å²) in [7, 11) is 0. The number of hydrogen-bond donors (Lipinski definition) is 1. The third kappa shape index (κ3) is 3.04. The Morgan fingerprint density at radius 1 is 1.06 bits per heavy atom. The number of aromatic nitrogens is 6. The number of nitrogens with one attached hydrogen (secondary N) is 1. The lowest BCUT2D eigenvalue weighted by Gasteiger charge is -2.25. The quantitative estimate of drug-likeness (QED) is 0.362. The van der Waals surface area contributed by atoms with Gasteiger partial charge in [-0.2, -0.15) is 0 Å². The predicted octanol–water partition coefficient (Wildman–Crippen LogP) is 4.96. The SMILES string of the molecule is Cc1noc(C)c1-c1cc(C(N=O)(c2ccccn2)c2ncccn2)c2nc(C3CC3)[nH]c2c1. The highest BCUT2D eigenvalue weighted by Gasteiger charge is 2.45. The molecule has 1 fully saturated rings. The van der Waals surface area contributed by atoms with Crippen molar-refractivity contribution in [3.05, 3.63) is 94.3 Å². The maximum atomic E-state index is 12.9. The molecule has 1 aliphatic rings. The fourth-order valence-electron chi connectivity index (χ4n) is 4.57. The molecule has 1 unspecified atom stereocenters. The van der Waals surface area contributed by atoms with E-state index >= 15 is 0 Å². The highest BCUT2D eigenvalue weighted by atomic mass is 16.5. The van der Waals surface area contributed by atoms with Gasteiger partial charge in [-0.25, -0.2) is 15.0 Å². The van der Waals surface area contributed by atoms with Crippen LogP contribution in [0.1, 0.15) is 53.1 Å². The zero-order valence-corrected chi connectivity index (χ0v) is 18.7. The minimum atomic E-state index is -1.61. The van der Waals surface area contributed by atoms with Crippen LogP contribution in [0.5, 0.6) is 0 Å². The number of H-pyrrole nitrogens is 1. The van der Waals surface area contributed by atoms with E-state index in [4.69, 9.17) is 9.51 Å². The molecule has 0 spiro atoms. The Labute approximate surface area is 194 Å². The minimum Gasteiger partial charge on any atom is -0.361 e. The molecule has 0 radical (unpaired) electrons. The summed E-state index contributed by atoms with van der Waals surface area (Å²) in [5.41, 5.74) is 3.27. The number of rotatable bonds is 6. The van der Waals surface area contributed by atoms with Gasteiger partial charge in [0.1, 0.15) is 11.6 Å². The van der Waals surface area contributed by atoms with E-state index in [1.807, 2.05) is 32.0 Å². The summed E-state index contributed by atoms with van der Waals surface area (Å²) in [6.45, 7) is 3.76. The van der Waals surface area contributed by atoms with Crippen molar-refractivity contribution < 1.29 is 4.52 Å². The van der Waals surface area contributed by atoms with Gasteiger partial charge >= 0.3 is 0 Å². The lowest BCUT2D eigenvalue weighted by Crippen LogP contribution is -2.30. The van der Waals surface area contributed by atoms with Crippen molar-refractivity contribution in [1.82, 2.24) is 30.1 Å². The second-order valence-corrected chi connectivity index (χ2v) is 8.60. The molecule has 1 aromatic carbocycles. The first-order chi connectivity index (χ1) is 16.6. The Kier molecular flexibility index (Phi) is 4.58. The number of imidazole rings is 1. The molecular formula is C25H21N7O2. The maximum Gasteiger partial charge on any atom is 0.230 e. The topological polar surface area (TPSA) is 123 Å². The Morgan fingerprint density at radius 2 is 1.85 bits per heavy atom. The van der Waals surface area contributed by atoms with E-state index in [1.54, 1.807) is 36.8 Å². The normalized spacial score (nSPS) is 15.4. The molecule has 4 aromatic heterocycles. The number of hydrogen-bond acceptors (Lipinski definition) is 8. The molecule has 0 bridgehead atoms. The van der Waals surface area contributed by atoms with E-state index in [2.05, 4.69) is 30.3 Å². The van der Waals surface area contributed by atoms with Crippen molar-refractivity contribution in [2.24, 2.45) is 5.18 Å². The van der Waals surface area contributed by atoms with E-state index < -0.39 is 5.54 Å². The molecule has 1 aliphatic carbocycles. The number of pyridine rings is 1. The van der Waals surface area contributed by atoms with Crippen LogP contribution in [0.3, 0.4) is 0 Å². The average molecular weight is 451 g/mol. The third-order valence-electron chi connectivity index (χ3n) is 6.34. The summed E-state index contributed by atoms with van der Waals surface area (Å²) in [4.78, 5) is 34.7. The van der Waals surface area contributed by atoms with Gasteiger partial charge in [0, 0.05) is 35.6 Å². The Balaban J connectivity index is 1.73. The second-order valence-electron chi connectivity index (χ2n) is 8.60. The molecule has 0 saturated heterocycles. The van der Waals surface area contributed by atoms with Crippen LogP contribution in [0.25, 0.3) is 22.2 Å². The summed E-state index contributed by atoms with van der Waals surface area (Å²) < 4.78 is 5.44. The van der Waals surface area contributed by atoms with Crippen molar-refractivity contribution in [1.29, 1.82) is 0 Å². The number of aryl methyl sites for hydroxylation is 2. The van der Waals surface area contributed by atoms with Crippen molar-refractivity contribution in [2.75, 3.05) is 0 Å². The molecule has 4 heterocycles. The molecule has 9 heteroatoms. The highest BCUT2D eigenvalue weighted by molar-refractivity contribution is 5.88. The third-order valence-corrected chi connectivity index (χ3v) is 6.34. The minimum absolute atomic E-state index is 0.233.